The number of hydrogen-bond donors (Lipinski definition) is 0. The van der Waals surface area contributed by atoms with E-state index in [0.717, 1.165) is 39.0 Å². The number of hydrogen-bond acceptors (Lipinski definition) is 2. The van der Waals surface area contributed by atoms with E-state index < -0.39 is 5.41 Å². The standard InChI is InChI=1S/C58H41NO/c1-57(2)53-35-44(33-34-47(53)49-36-50-48-21-11-14-24-55(48)60-56(50)37-54(49)57)59(42-29-25-39(26-30-42)38-15-5-3-6-16-38)43-31-27-41(28-32-43)58(40-17-7-4-8-18-40)51-22-12-9-19-45(51)46-20-10-13-23-52(46)58/h3-37H,1-2H3. The first-order chi connectivity index (χ1) is 29.5. The van der Waals surface area contributed by atoms with E-state index in [1.807, 2.05) is 6.07 Å². The summed E-state index contributed by atoms with van der Waals surface area (Å²) in [4.78, 5) is 2.42. The Kier molecular flexibility index (Phi) is 7.52. The highest BCUT2D eigenvalue weighted by Gasteiger charge is 2.46. The van der Waals surface area contributed by atoms with Gasteiger partial charge in [-0.05, 0) is 121 Å². The minimum atomic E-state index is -0.455. The lowest BCUT2D eigenvalue weighted by atomic mass is 9.68. The van der Waals surface area contributed by atoms with E-state index in [1.54, 1.807) is 0 Å². The number of rotatable bonds is 6. The minimum absolute atomic E-state index is 0.230. The first-order valence-electron chi connectivity index (χ1n) is 20.9. The zero-order chi connectivity index (χ0) is 40.0. The fraction of sp³-hybridized carbons (Fsp3) is 0.0690. The van der Waals surface area contributed by atoms with Crippen molar-refractivity contribution in [2.24, 2.45) is 0 Å². The highest BCUT2D eigenvalue weighted by atomic mass is 16.3. The number of nitrogens with zero attached hydrogens (tertiary/aromatic N) is 1. The van der Waals surface area contributed by atoms with Crippen molar-refractivity contribution in [1.29, 1.82) is 0 Å². The Bertz CT molecular complexity index is 3220. The largest absolute Gasteiger partial charge is 0.456 e. The molecule has 284 valence electrons. The minimum Gasteiger partial charge on any atom is -0.456 e. The molecule has 0 unspecified atom stereocenters. The van der Waals surface area contributed by atoms with Crippen LogP contribution in [0.15, 0.2) is 217 Å². The molecule has 0 saturated heterocycles. The molecule has 0 amide bonds. The Hall–Kier alpha value is -7.42. The topological polar surface area (TPSA) is 16.4 Å². The third-order valence-electron chi connectivity index (χ3n) is 13.4. The molecule has 12 rings (SSSR count). The lowest BCUT2D eigenvalue weighted by Crippen LogP contribution is -2.28. The van der Waals surface area contributed by atoms with Crippen LogP contribution in [0.25, 0.3) is 55.3 Å². The molecular weight excluding hydrogens is 727 g/mol. The molecule has 0 spiro atoms. The third kappa shape index (κ3) is 4.94. The Morgan fingerprint density at radius 2 is 0.867 bits per heavy atom. The summed E-state index contributed by atoms with van der Waals surface area (Å²) in [5, 5.41) is 2.32. The maximum Gasteiger partial charge on any atom is 0.135 e. The third-order valence-corrected chi connectivity index (χ3v) is 13.4. The monoisotopic (exact) mass is 767 g/mol. The van der Waals surface area contributed by atoms with Crippen molar-refractivity contribution in [2.75, 3.05) is 4.90 Å². The highest BCUT2D eigenvalue weighted by Crippen LogP contribution is 2.57. The molecule has 1 aromatic heterocycles. The van der Waals surface area contributed by atoms with Crippen molar-refractivity contribution in [3.8, 4) is 33.4 Å². The number of anilines is 3. The second-order valence-corrected chi connectivity index (χ2v) is 16.8. The molecule has 2 nitrogen and oxygen atoms in total. The van der Waals surface area contributed by atoms with Gasteiger partial charge in [0, 0.05) is 33.2 Å². The molecule has 9 aromatic carbocycles. The van der Waals surface area contributed by atoms with Gasteiger partial charge in [-0.25, -0.2) is 0 Å². The average molecular weight is 768 g/mol. The van der Waals surface area contributed by atoms with Gasteiger partial charge in [0.25, 0.3) is 0 Å². The van der Waals surface area contributed by atoms with Gasteiger partial charge in [-0.2, -0.15) is 0 Å². The van der Waals surface area contributed by atoms with Crippen molar-refractivity contribution >= 4 is 39.0 Å². The predicted octanol–water partition coefficient (Wildman–Crippen LogP) is 15.4. The van der Waals surface area contributed by atoms with Crippen molar-refractivity contribution in [3.05, 3.63) is 246 Å². The SMILES string of the molecule is CC1(C)c2cc(N(c3ccc(-c4ccccc4)cc3)c3ccc(C4(c5ccccc5)c5ccccc5-c5ccccc54)cc3)ccc2-c2cc3c(cc21)oc1ccccc13. The first kappa shape index (κ1) is 34.6. The van der Waals surface area contributed by atoms with Crippen LogP contribution in [0.5, 0.6) is 0 Å². The molecule has 0 atom stereocenters. The first-order valence-corrected chi connectivity index (χ1v) is 20.9. The summed E-state index contributed by atoms with van der Waals surface area (Å²) in [5.74, 6) is 0. The predicted molar refractivity (Wildman–Crippen MR) is 249 cm³/mol. The van der Waals surface area contributed by atoms with Gasteiger partial charge < -0.3 is 9.32 Å². The molecule has 0 bridgehead atoms. The number of fused-ring (bicyclic) bond motifs is 9. The summed E-state index contributed by atoms with van der Waals surface area (Å²) in [6.45, 7) is 4.70. The van der Waals surface area contributed by atoms with Gasteiger partial charge in [0.2, 0.25) is 0 Å². The molecule has 0 fully saturated rings. The molecule has 2 aliphatic carbocycles. The normalized spacial score (nSPS) is 14.1. The Morgan fingerprint density at radius 1 is 0.350 bits per heavy atom. The summed E-state index contributed by atoms with van der Waals surface area (Å²) in [6.07, 6.45) is 0. The van der Waals surface area contributed by atoms with Crippen LogP contribution >= 0.6 is 0 Å². The summed E-state index contributed by atoms with van der Waals surface area (Å²) >= 11 is 0. The summed E-state index contributed by atoms with van der Waals surface area (Å²) < 4.78 is 6.40. The molecule has 60 heavy (non-hydrogen) atoms. The van der Waals surface area contributed by atoms with Crippen LogP contribution in [0.2, 0.25) is 0 Å². The van der Waals surface area contributed by atoms with Crippen LogP contribution in [0.3, 0.4) is 0 Å². The zero-order valence-electron chi connectivity index (χ0n) is 33.6. The zero-order valence-corrected chi connectivity index (χ0v) is 33.6. The Balaban J connectivity index is 1.02. The second-order valence-electron chi connectivity index (χ2n) is 16.8. The molecule has 0 saturated carbocycles. The smallest absolute Gasteiger partial charge is 0.135 e. The summed E-state index contributed by atoms with van der Waals surface area (Å²) in [5.41, 5.74) is 19.8. The highest BCUT2D eigenvalue weighted by molar-refractivity contribution is 6.08. The maximum atomic E-state index is 6.40. The van der Waals surface area contributed by atoms with Gasteiger partial charge in [-0.15, -0.1) is 0 Å². The van der Waals surface area contributed by atoms with Crippen LogP contribution in [-0.4, -0.2) is 0 Å². The fourth-order valence-electron chi connectivity index (χ4n) is 10.5. The lowest BCUT2D eigenvalue weighted by Gasteiger charge is -2.34. The van der Waals surface area contributed by atoms with Crippen molar-refractivity contribution < 1.29 is 4.42 Å². The molecule has 0 N–H and O–H groups in total. The van der Waals surface area contributed by atoms with E-state index in [4.69, 9.17) is 4.42 Å². The van der Waals surface area contributed by atoms with Crippen molar-refractivity contribution in [1.82, 2.24) is 0 Å². The van der Waals surface area contributed by atoms with Gasteiger partial charge in [-0.1, -0.05) is 172 Å². The van der Waals surface area contributed by atoms with Gasteiger partial charge in [0.05, 0.1) is 5.41 Å². The van der Waals surface area contributed by atoms with Gasteiger partial charge in [-0.3, -0.25) is 0 Å². The van der Waals surface area contributed by atoms with Crippen molar-refractivity contribution in [2.45, 2.75) is 24.7 Å². The number of para-hydroxylation sites is 1. The van der Waals surface area contributed by atoms with Crippen LogP contribution < -0.4 is 4.90 Å². The van der Waals surface area contributed by atoms with E-state index >= 15 is 0 Å². The lowest BCUT2D eigenvalue weighted by molar-refractivity contribution is 0.647. The van der Waals surface area contributed by atoms with Crippen molar-refractivity contribution in [3.63, 3.8) is 0 Å². The molecule has 0 radical (unpaired) electrons. The van der Waals surface area contributed by atoms with E-state index in [2.05, 4.69) is 225 Å². The maximum absolute atomic E-state index is 6.40. The van der Waals surface area contributed by atoms with E-state index in [9.17, 15) is 0 Å². The van der Waals surface area contributed by atoms with Gasteiger partial charge >= 0.3 is 0 Å². The fourth-order valence-corrected chi connectivity index (χ4v) is 10.5. The van der Waals surface area contributed by atoms with Crippen LogP contribution in [0.1, 0.15) is 47.2 Å². The number of furan rings is 1. The molecule has 2 heteroatoms. The van der Waals surface area contributed by atoms with Crippen LogP contribution in [-0.2, 0) is 10.8 Å². The molecular formula is C58H41NO. The molecule has 2 aliphatic rings. The van der Waals surface area contributed by atoms with Crippen LogP contribution in [0, 0.1) is 0 Å². The average Bonchev–Trinajstić information content (AvgIpc) is 3.90. The molecule has 1 heterocycles. The molecule has 0 aliphatic heterocycles. The van der Waals surface area contributed by atoms with Gasteiger partial charge in [0.15, 0.2) is 0 Å². The van der Waals surface area contributed by atoms with Crippen LogP contribution in [0.4, 0.5) is 17.1 Å². The van der Waals surface area contributed by atoms with E-state index in [0.29, 0.717) is 0 Å². The van der Waals surface area contributed by atoms with E-state index in [-0.39, 0.29) is 5.41 Å². The molecule has 10 aromatic rings. The van der Waals surface area contributed by atoms with Gasteiger partial charge in [0.1, 0.15) is 11.2 Å². The summed E-state index contributed by atoms with van der Waals surface area (Å²) in [7, 11) is 0. The van der Waals surface area contributed by atoms with E-state index in [1.165, 1.54) is 66.8 Å². The Labute approximate surface area is 350 Å². The Morgan fingerprint density at radius 3 is 1.57 bits per heavy atom. The quantitative estimate of drug-likeness (QED) is 0.168. The second kappa shape index (κ2) is 13.0. The summed E-state index contributed by atoms with van der Waals surface area (Å²) in [6, 6.07) is 78.0. The number of benzene rings is 9.